The van der Waals surface area contributed by atoms with E-state index in [0.29, 0.717) is 0 Å². The van der Waals surface area contributed by atoms with Crippen molar-refractivity contribution >= 4 is 65.6 Å². The van der Waals surface area contributed by atoms with Gasteiger partial charge in [0.2, 0.25) is 0 Å². The molecule has 254 valence electrons. The van der Waals surface area contributed by atoms with Gasteiger partial charge in [0.25, 0.3) is 0 Å². The molecule has 0 N–H and O–H groups in total. The van der Waals surface area contributed by atoms with Gasteiger partial charge >= 0.3 is 0 Å². The van der Waals surface area contributed by atoms with Gasteiger partial charge in [-0.15, -0.1) is 0 Å². The lowest BCUT2D eigenvalue weighted by Crippen LogP contribution is -2.15. The van der Waals surface area contributed by atoms with E-state index in [1.807, 2.05) is 6.07 Å². The third-order valence-corrected chi connectivity index (χ3v) is 12.1. The summed E-state index contributed by atoms with van der Waals surface area (Å²) in [6, 6.07) is 62.1. The van der Waals surface area contributed by atoms with Gasteiger partial charge in [-0.25, -0.2) is 0 Å². The standard InChI is InChI=1S/C51H34N2O/c1-51(2)42-29-31(34-18-12-19-40-38-16-8-11-22-47(38)54-50(34)40)23-25-35(42)36-26-24-33(30-43(36)51)52-45-21-10-7-17-41(45)48-46(52)28-27-39-37-15-6-9-20-44(37)53(49(39)48)32-13-4-3-5-14-32/h3-30H,1-2H3. The van der Waals surface area contributed by atoms with Crippen LogP contribution in [0.2, 0.25) is 0 Å². The molecule has 3 heterocycles. The monoisotopic (exact) mass is 690 g/mol. The molecule has 3 aromatic heterocycles. The first kappa shape index (κ1) is 29.7. The molecule has 0 saturated carbocycles. The van der Waals surface area contributed by atoms with Crippen molar-refractivity contribution in [3.05, 3.63) is 181 Å². The van der Waals surface area contributed by atoms with E-state index in [0.717, 1.165) is 27.5 Å². The van der Waals surface area contributed by atoms with Crippen molar-refractivity contribution in [1.29, 1.82) is 0 Å². The van der Waals surface area contributed by atoms with Gasteiger partial charge in [-0.1, -0.05) is 129 Å². The van der Waals surface area contributed by atoms with E-state index in [4.69, 9.17) is 4.42 Å². The van der Waals surface area contributed by atoms with Gasteiger partial charge in [-0.2, -0.15) is 0 Å². The Labute approximate surface area is 311 Å². The minimum Gasteiger partial charge on any atom is -0.455 e. The fourth-order valence-corrected chi connectivity index (χ4v) is 9.64. The average Bonchev–Trinajstić information content (AvgIpc) is 3.93. The van der Waals surface area contributed by atoms with Crippen molar-refractivity contribution in [2.45, 2.75) is 19.3 Å². The van der Waals surface area contributed by atoms with Gasteiger partial charge in [-0.3, -0.25) is 0 Å². The molecule has 0 atom stereocenters. The summed E-state index contributed by atoms with van der Waals surface area (Å²) < 4.78 is 11.4. The molecule has 12 rings (SSSR count). The van der Waals surface area contributed by atoms with Gasteiger partial charge < -0.3 is 13.6 Å². The minimum absolute atomic E-state index is 0.204. The number of furan rings is 1. The predicted molar refractivity (Wildman–Crippen MR) is 225 cm³/mol. The van der Waals surface area contributed by atoms with Crippen LogP contribution >= 0.6 is 0 Å². The first-order valence-electron chi connectivity index (χ1n) is 18.8. The van der Waals surface area contributed by atoms with Crippen molar-refractivity contribution < 1.29 is 4.42 Å². The van der Waals surface area contributed by atoms with Crippen LogP contribution in [0.4, 0.5) is 0 Å². The summed E-state index contributed by atoms with van der Waals surface area (Å²) in [6.07, 6.45) is 0. The number of rotatable bonds is 3. The minimum atomic E-state index is -0.204. The molecule has 1 aliphatic rings. The second kappa shape index (κ2) is 10.6. The Kier molecular flexibility index (Phi) is 5.84. The summed E-state index contributed by atoms with van der Waals surface area (Å²) in [5.41, 5.74) is 16.5. The Hall–Kier alpha value is -6.84. The fourth-order valence-electron chi connectivity index (χ4n) is 9.64. The lowest BCUT2D eigenvalue weighted by Gasteiger charge is -2.23. The summed E-state index contributed by atoms with van der Waals surface area (Å²) in [5.74, 6) is 0. The van der Waals surface area contributed by atoms with Crippen LogP contribution in [0.1, 0.15) is 25.0 Å². The van der Waals surface area contributed by atoms with E-state index in [1.54, 1.807) is 0 Å². The van der Waals surface area contributed by atoms with Crippen LogP contribution in [-0.2, 0) is 5.41 Å². The van der Waals surface area contributed by atoms with Crippen molar-refractivity contribution in [1.82, 2.24) is 9.13 Å². The smallest absolute Gasteiger partial charge is 0.143 e. The number of aromatic nitrogens is 2. The Bertz CT molecular complexity index is 3350. The van der Waals surface area contributed by atoms with Gasteiger partial charge in [-0.05, 0) is 82.4 Å². The molecule has 0 bridgehead atoms. The highest BCUT2D eigenvalue weighted by atomic mass is 16.3. The first-order chi connectivity index (χ1) is 26.6. The maximum absolute atomic E-state index is 6.47. The highest BCUT2D eigenvalue weighted by Gasteiger charge is 2.36. The SMILES string of the molecule is CC1(C)c2cc(-c3cccc4c3oc3ccccc34)ccc2-c2ccc(-n3c4ccccc4c4c3ccc3c5ccccc5n(-c5ccccc5)c34)cc21. The maximum atomic E-state index is 6.47. The number of benzene rings is 8. The Balaban J connectivity index is 1.06. The van der Waals surface area contributed by atoms with E-state index in [2.05, 4.69) is 187 Å². The quantitative estimate of drug-likeness (QED) is 0.181. The molecule has 0 aliphatic heterocycles. The highest BCUT2D eigenvalue weighted by molar-refractivity contribution is 6.26. The third-order valence-electron chi connectivity index (χ3n) is 12.1. The second-order valence-corrected chi connectivity index (χ2v) is 15.3. The van der Waals surface area contributed by atoms with E-state index >= 15 is 0 Å². The molecular weight excluding hydrogens is 657 g/mol. The van der Waals surface area contributed by atoms with Gasteiger partial charge in [0.05, 0.1) is 22.1 Å². The molecule has 1 aliphatic carbocycles. The molecular formula is C51H34N2O. The zero-order chi connectivity index (χ0) is 35.7. The molecule has 8 aromatic carbocycles. The van der Waals surface area contributed by atoms with Crippen LogP contribution in [-0.4, -0.2) is 9.13 Å². The van der Waals surface area contributed by atoms with E-state index in [9.17, 15) is 0 Å². The second-order valence-electron chi connectivity index (χ2n) is 15.3. The van der Waals surface area contributed by atoms with Crippen LogP contribution in [0.3, 0.4) is 0 Å². The largest absolute Gasteiger partial charge is 0.455 e. The molecule has 0 spiro atoms. The van der Waals surface area contributed by atoms with E-state index in [1.165, 1.54) is 82.8 Å². The fraction of sp³-hybridized carbons (Fsp3) is 0.0588. The Morgan fingerprint density at radius 2 is 1.09 bits per heavy atom. The lowest BCUT2D eigenvalue weighted by molar-refractivity contribution is 0.659. The van der Waals surface area contributed by atoms with Crippen LogP contribution in [0.15, 0.2) is 174 Å². The predicted octanol–water partition coefficient (Wildman–Crippen LogP) is 13.8. The van der Waals surface area contributed by atoms with Crippen LogP contribution < -0.4 is 0 Å². The van der Waals surface area contributed by atoms with Gasteiger partial charge in [0, 0.05) is 54.7 Å². The zero-order valence-electron chi connectivity index (χ0n) is 30.0. The van der Waals surface area contributed by atoms with Crippen molar-refractivity contribution in [3.8, 4) is 33.6 Å². The molecule has 0 radical (unpaired) electrons. The highest BCUT2D eigenvalue weighted by Crippen LogP contribution is 2.51. The summed E-state index contributed by atoms with van der Waals surface area (Å²) in [6.45, 7) is 4.75. The molecule has 0 saturated heterocycles. The number of para-hydroxylation sites is 5. The molecule has 3 nitrogen and oxygen atoms in total. The first-order valence-corrected chi connectivity index (χ1v) is 18.8. The molecule has 11 aromatic rings. The molecule has 54 heavy (non-hydrogen) atoms. The van der Waals surface area contributed by atoms with Crippen molar-refractivity contribution in [3.63, 3.8) is 0 Å². The summed E-state index contributed by atoms with van der Waals surface area (Å²) in [7, 11) is 0. The van der Waals surface area contributed by atoms with Crippen LogP contribution in [0.5, 0.6) is 0 Å². The summed E-state index contributed by atoms with van der Waals surface area (Å²) in [5, 5.41) is 7.38. The number of hydrogen-bond acceptors (Lipinski definition) is 1. The van der Waals surface area contributed by atoms with Crippen molar-refractivity contribution in [2.75, 3.05) is 0 Å². The van der Waals surface area contributed by atoms with Crippen LogP contribution in [0.25, 0.3) is 99.2 Å². The Morgan fingerprint density at radius 3 is 1.93 bits per heavy atom. The normalized spacial score (nSPS) is 13.5. The lowest BCUT2D eigenvalue weighted by atomic mass is 9.81. The van der Waals surface area contributed by atoms with Gasteiger partial charge in [0.15, 0.2) is 0 Å². The Morgan fingerprint density at radius 1 is 0.426 bits per heavy atom. The van der Waals surface area contributed by atoms with Gasteiger partial charge in [0.1, 0.15) is 11.2 Å². The average molecular weight is 691 g/mol. The zero-order valence-corrected chi connectivity index (χ0v) is 30.0. The molecule has 0 fully saturated rings. The molecule has 0 amide bonds. The summed E-state index contributed by atoms with van der Waals surface area (Å²) in [4.78, 5) is 0. The van der Waals surface area contributed by atoms with E-state index in [-0.39, 0.29) is 5.41 Å². The number of nitrogens with zero attached hydrogens (tertiary/aromatic N) is 2. The van der Waals surface area contributed by atoms with Crippen LogP contribution in [0, 0.1) is 0 Å². The molecule has 3 heteroatoms. The number of hydrogen-bond donors (Lipinski definition) is 0. The summed E-state index contributed by atoms with van der Waals surface area (Å²) >= 11 is 0. The van der Waals surface area contributed by atoms with E-state index < -0.39 is 0 Å². The third kappa shape index (κ3) is 3.85. The topological polar surface area (TPSA) is 23.0 Å². The maximum Gasteiger partial charge on any atom is 0.143 e. The van der Waals surface area contributed by atoms with Crippen molar-refractivity contribution in [2.24, 2.45) is 0 Å². The molecule has 0 unspecified atom stereocenters. The number of fused-ring (bicyclic) bond motifs is 13.